The highest BCUT2D eigenvalue weighted by Crippen LogP contribution is 2.16. The Morgan fingerprint density at radius 3 is 2.77 bits per heavy atom. The summed E-state index contributed by atoms with van der Waals surface area (Å²) in [7, 11) is 0. The molecule has 132 valence electrons. The molecule has 1 heterocycles. The van der Waals surface area contributed by atoms with Gasteiger partial charge in [-0.05, 0) is 43.2 Å². The molecule has 0 saturated heterocycles. The Balaban J connectivity index is 1.62. The molecule has 0 radical (unpaired) electrons. The normalized spacial score (nSPS) is 11.0. The summed E-state index contributed by atoms with van der Waals surface area (Å²) >= 11 is 0. The van der Waals surface area contributed by atoms with Crippen LogP contribution in [-0.4, -0.2) is 15.5 Å². The molecule has 0 atom stereocenters. The van der Waals surface area contributed by atoms with Crippen molar-refractivity contribution in [3.8, 4) is 5.69 Å². The van der Waals surface area contributed by atoms with Crippen molar-refractivity contribution in [3.05, 3.63) is 89.3 Å². The van der Waals surface area contributed by atoms with E-state index >= 15 is 0 Å². The van der Waals surface area contributed by atoms with E-state index in [-0.39, 0.29) is 18.3 Å². The number of benzene rings is 2. The van der Waals surface area contributed by atoms with Crippen LogP contribution >= 0.6 is 0 Å². The van der Waals surface area contributed by atoms with E-state index in [1.807, 2.05) is 38.1 Å². The maximum absolute atomic E-state index is 14.3. The molecular formula is C21H20FN3O. The molecule has 1 amide bonds. The van der Waals surface area contributed by atoms with Crippen LogP contribution in [0.3, 0.4) is 0 Å². The van der Waals surface area contributed by atoms with Crippen LogP contribution in [0.1, 0.15) is 22.5 Å². The summed E-state index contributed by atoms with van der Waals surface area (Å²) in [5, 5.41) is 2.77. The molecule has 0 fully saturated rings. The number of amides is 1. The van der Waals surface area contributed by atoms with Crippen molar-refractivity contribution in [2.24, 2.45) is 0 Å². The molecular weight excluding hydrogens is 329 g/mol. The number of nitrogens with one attached hydrogen (secondary N) is 1. The van der Waals surface area contributed by atoms with Gasteiger partial charge < -0.3 is 9.88 Å². The molecule has 1 aromatic heterocycles. The number of hydrogen-bond donors (Lipinski definition) is 1. The van der Waals surface area contributed by atoms with E-state index in [9.17, 15) is 9.18 Å². The molecule has 0 aliphatic heterocycles. The Kier molecular flexibility index (Phi) is 5.27. The zero-order chi connectivity index (χ0) is 18.5. The van der Waals surface area contributed by atoms with Gasteiger partial charge in [-0.2, -0.15) is 0 Å². The van der Waals surface area contributed by atoms with Crippen LogP contribution in [0.25, 0.3) is 11.8 Å². The van der Waals surface area contributed by atoms with Crippen molar-refractivity contribution < 1.29 is 9.18 Å². The third kappa shape index (κ3) is 4.25. The highest BCUT2D eigenvalue weighted by Gasteiger charge is 2.08. The second-order valence-corrected chi connectivity index (χ2v) is 6.10. The zero-order valence-corrected chi connectivity index (χ0v) is 14.7. The molecule has 4 nitrogen and oxygen atoms in total. The molecule has 3 rings (SSSR count). The Morgan fingerprint density at radius 1 is 1.23 bits per heavy atom. The molecule has 0 unspecified atom stereocenters. The van der Waals surface area contributed by atoms with Crippen LogP contribution in [0.5, 0.6) is 0 Å². The third-order valence-electron chi connectivity index (χ3n) is 4.03. The van der Waals surface area contributed by atoms with Gasteiger partial charge in [-0.1, -0.05) is 35.9 Å². The van der Waals surface area contributed by atoms with E-state index in [0.717, 1.165) is 11.1 Å². The molecule has 0 aliphatic carbocycles. The van der Waals surface area contributed by atoms with Crippen LogP contribution in [0, 0.1) is 19.7 Å². The number of rotatable bonds is 5. The number of carbonyl (C=O) groups is 1. The summed E-state index contributed by atoms with van der Waals surface area (Å²) in [6, 6.07) is 12.8. The first-order valence-corrected chi connectivity index (χ1v) is 8.34. The lowest BCUT2D eigenvalue weighted by Gasteiger charge is -2.09. The minimum atomic E-state index is -0.354. The minimum absolute atomic E-state index is 0.221. The first kappa shape index (κ1) is 17.6. The van der Waals surface area contributed by atoms with Crippen LogP contribution in [0.4, 0.5) is 4.39 Å². The Morgan fingerprint density at radius 2 is 2.08 bits per heavy atom. The summed E-state index contributed by atoms with van der Waals surface area (Å²) in [4.78, 5) is 16.1. The number of nitrogens with zero attached hydrogens (tertiary/aromatic N) is 2. The predicted molar refractivity (Wildman–Crippen MR) is 100 cm³/mol. The highest BCUT2D eigenvalue weighted by atomic mass is 19.1. The molecule has 0 saturated carbocycles. The van der Waals surface area contributed by atoms with Gasteiger partial charge in [-0.15, -0.1) is 0 Å². The molecule has 0 spiro atoms. The fourth-order valence-corrected chi connectivity index (χ4v) is 2.68. The minimum Gasteiger partial charge on any atom is -0.348 e. The van der Waals surface area contributed by atoms with Gasteiger partial charge in [0.05, 0.1) is 5.69 Å². The lowest BCUT2D eigenvalue weighted by atomic mass is 10.1. The molecule has 1 N–H and O–H groups in total. The first-order chi connectivity index (χ1) is 12.5. The quantitative estimate of drug-likeness (QED) is 0.709. The zero-order valence-electron chi connectivity index (χ0n) is 14.7. The van der Waals surface area contributed by atoms with Gasteiger partial charge in [0.2, 0.25) is 5.91 Å². The lowest BCUT2D eigenvalue weighted by Crippen LogP contribution is -2.20. The first-order valence-electron chi connectivity index (χ1n) is 8.34. The summed E-state index contributed by atoms with van der Waals surface area (Å²) in [6.07, 6.45) is 6.58. The van der Waals surface area contributed by atoms with Gasteiger partial charge in [0.25, 0.3) is 0 Å². The van der Waals surface area contributed by atoms with Crippen molar-refractivity contribution in [1.82, 2.24) is 14.9 Å². The maximum Gasteiger partial charge on any atom is 0.244 e. The molecule has 0 bridgehead atoms. The molecule has 2 aromatic carbocycles. The van der Waals surface area contributed by atoms with Gasteiger partial charge in [-0.3, -0.25) is 4.79 Å². The van der Waals surface area contributed by atoms with Crippen molar-refractivity contribution in [3.63, 3.8) is 0 Å². The largest absolute Gasteiger partial charge is 0.348 e. The van der Waals surface area contributed by atoms with Crippen molar-refractivity contribution in [1.29, 1.82) is 0 Å². The van der Waals surface area contributed by atoms with E-state index in [0.29, 0.717) is 17.1 Å². The smallest absolute Gasteiger partial charge is 0.244 e. The second-order valence-electron chi connectivity index (χ2n) is 6.10. The fraction of sp³-hybridized carbons (Fsp3) is 0.143. The monoisotopic (exact) mass is 349 g/mol. The van der Waals surface area contributed by atoms with Gasteiger partial charge in [0, 0.05) is 25.0 Å². The number of aryl methyl sites for hydroxylation is 2. The Labute approximate surface area is 152 Å². The summed E-state index contributed by atoms with van der Waals surface area (Å²) < 4.78 is 16.0. The lowest BCUT2D eigenvalue weighted by molar-refractivity contribution is -0.116. The van der Waals surface area contributed by atoms with Gasteiger partial charge in [-0.25, -0.2) is 9.37 Å². The summed E-state index contributed by atoms with van der Waals surface area (Å²) in [6.45, 7) is 4.08. The summed E-state index contributed by atoms with van der Waals surface area (Å²) in [5.74, 6) is 0.140. The fourth-order valence-electron chi connectivity index (χ4n) is 2.68. The van der Waals surface area contributed by atoms with Crippen LogP contribution < -0.4 is 5.32 Å². The maximum atomic E-state index is 14.3. The average molecular weight is 349 g/mol. The van der Waals surface area contributed by atoms with Gasteiger partial charge >= 0.3 is 0 Å². The predicted octanol–water partition coefficient (Wildman–Crippen LogP) is 3.96. The number of carbonyl (C=O) groups excluding carboxylic acids is 1. The SMILES string of the molecule is Cc1cccc(/C=C/C(=O)NCc2ccc(-n3ccnc3C)c(F)c2)c1. The Bertz CT molecular complexity index is 959. The van der Waals surface area contributed by atoms with Crippen LogP contribution in [-0.2, 0) is 11.3 Å². The molecule has 0 aliphatic rings. The van der Waals surface area contributed by atoms with E-state index in [4.69, 9.17) is 0 Å². The molecule has 26 heavy (non-hydrogen) atoms. The third-order valence-corrected chi connectivity index (χ3v) is 4.03. The summed E-state index contributed by atoms with van der Waals surface area (Å²) in [5.41, 5.74) is 3.23. The van der Waals surface area contributed by atoms with E-state index in [2.05, 4.69) is 10.3 Å². The van der Waals surface area contributed by atoms with Gasteiger partial charge in [0.15, 0.2) is 0 Å². The van der Waals surface area contributed by atoms with E-state index < -0.39 is 0 Å². The van der Waals surface area contributed by atoms with Crippen LogP contribution in [0.2, 0.25) is 0 Å². The molecule has 3 aromatic rings. The second kappa shape index (κ2) is 7.78. The van der Waals surface area contributed by atoms with E-state index in [1.54, 1.807) is 35.2 Å². The highest BCUT2D eigenvalue weighted by molar-refractivity contribution is 5.91. The van der Waals surface area contributed by atoms with E-state index in [1.165, 1.54) is 12.1 Å². The standard InChI is InChI=1S/C21H20FN3O/c1-15-4-3-5-17(12-15)7-9-21(26)24-14-18-6-8-20(19(22)13-18)25-11-10-23-16(25)2/h3-13H,14H2,1-2H3,(H,24,26)/b9-7+. The topological polar surface area (TPSA) is 46.9 Å². The van der Waals surface area contributed by atoms with Crippen molar-refractivity contribution >= 4 is 12.0 Å². The van der Waals surface area contributed by atoms with Crippen molar-refractivity contribution in [2.75, 3.05) is 0 Å². The number of hydrogen-bond acceptors (Lipinski definition) is 2. The van der Waals surface area contributed by atoms with Gasteiger partial charge in [0.1, 0.15) is 11.6 Å². The number of aromatic nitrogens is 2. The van der Waals surface area contributed by atoms with Crippen molar-refractivity contribution in [2.45, 2.75) is 20.4 Å². The molecule has 5 heteroatoms. The number of halogens is 1. The Hall–Kier alpha value is -3.21. The average Bonchev–Trinajstić information content (AvgIpc) is 3.04. The van der Waals surface area contributed by atoms with Crippen LogP contribution in [0.15, 0.2) is 60.9 Å². The number of imidazole rings is 1.